The highest BCUT2D eigenvalue weighted by molar-refractivity contribution is 5.76. The van der Waals surface area contributed by atoms with Gasteiger partial charge in [0.25, 0.3) is 0 Å². The molecule has 1 heterocycles. The number of hydrogen-bond acceptors (Lipinski definition) is 3. The van der Waals surface area contributed by atoms with E-state index in [1.54, 1.807) is 0 Å². The average Bonchev–Trinajstić information content (AvgIpc) is 2.98. The number of piperazine rings is 1. The van der Waals surface area contributed by atoms with Crippen molar-refractivity contribution in [1.82, 2.24) is 9.80 Å². The summed E-state index contributed by atoms with van der Waals surface area (Å²) < 4.78 is 6.11. The summed E-state index contributed by atoms with van der Waals surface area (Å²) in [6.07, 6.45) is 11.0. The topological polar surface area (TPSA) is 32.8 Å². The molecule has 4 heteroatoms. The minimum atomic E-state index is 0.320. The zero-order chi connectivity index (χ0) is 18.7. The lowest BCUT2D eigenvalue weighted by atomic mass is 10.1. The molecule has 0 atom stereocenters. The number of carbonyl (C=O) groups is 1. The molecule has 0 bridgehead atoms. The SMILES string of the molecule is O=C(CCCc1ccccc1)N1CCN(CCOC2CCCCCC2)CC1. The van der Waals surface area contributed by atoms with E-state index in [1.807, 2.05) is 11.0 Å². The summed E-state index contributed by atoms with van der Waals surface area (Å²) in [6, 6.07) is 10.4. The Hall–Kier alpha value is -1.39. The van der Waals surface area contributed by atoms with Crippen LogP contribution in [0.4, 0.5) is 0 Å². The molecule has 150 valence electrons. The first-order chi connectivity index (χ1) is 13.3. The van der Waals surface area contributed by atoms with Gasteiger partial charge in [-0.2, -0.15) is 0 Å². The first kappa shape index (κ1) is 20.3. The van der Waals surface area contributed by atoms with Crippen LogP contribution in [-0.2, 0) is 16.0 Å². The van der Waals surface area contributed by atoms with Gasteiger partial charge in [0.05, 0.1) is 12.7 Å². The van der Waals surface area contributed by atoms with E-state index in [0.717, 1.165) is 52.2 Å². The van der Waals surface area contributed by atoms with E-state index in [9.17, 15) is 4.79 Å². The largest absolute Gasteiger partial charge is 0.377 e. The molecule has 1 amide bonds. The molecular formula is C23H36N2O2. The van der Waals surface area contributed by atoms with Crippen LogP contribution in [0, 0.1) is 0 Å². The zero-order valence-corrected chi connectivity index (χ0v) is 16.8. The molecule has 4 nitrogen and oxygen atoms in total. The standard InChI is InChI=1S/C23H36N2O2/c26-23(14-8-11-21-9-4-3-5-10-21)25-17-15-24(16-18-25)19-20-27-22-12-6-1-2-7-13-22/h3-5,9-10,22H,1-2,6-8,11-20H2. The highest BCUT2D eigenvalue weighted by Gasteiger charge is 2.21. The molecule has 0 aromatic heterocycles. The van der Waals surface area contributed by atoms with E-state index in [-0.39, 0.29) is 0 Å². The van der Waals surface area contributed by atoms with Crippen molar-refractivity contribution in [2.24, 2.45) is 0 Å². The van der Waals surface area contributed by atoms with E-state index in [1.165, 1.54) is 44.1 Å². The third-order valence-electron chi connectivity index (χ3n) is 5.99. The van der Waals surface area contributed by atoms with Gasteiger partial charge in [-0.3, -0.25) is 9.69 Å². The summed E-state index contributed by atoms with van der Waals surface area (Å²) in [5.74, 6) is 0.320. The van der Waals surface area contributed by atoms with Gasteiger partial charge in [0.2, 0.25) is 5.91 Å². The highest BCUT2D eigenvalue weighted by atomic mass is 16.5. The van der Waals surface area contributed by atoms with Crippen molar-refractivity contribution in [3.05, 3.63) is 35.9 Å². The normalized spacial score (nSPS) is 19.8. The number of ether oxygens (including phenoxy) is 1. The number of carbonyl (C=O) groups excluding carboxylic acids is 1. The molecule has 27 heavy (non-hydrogen) atoms. The zero-order valence-electron chi connectivity index (χ0n) is 16.8. The summed E-state index contributed by atoms with van der Waals surface area (Å²) in [5, 5.41) is 0. The predicted octanol–water partition coefficient (Wildman–Crippen LogP) is 3.89. The summed E-state index contributed by atoms with van der Waals surface area (Å²) >= 11 is 0. The first-order valence-electron chi connectivity index (χ1n) is 11.0. The molecule has 1 aliphatic carbocycles. The maximum Gasteiger partial charge on any atom is 0.222 e. The molecule has 0 radical (unpaired) electrons. The molecular weight excluding hydrogens is 336 g/mol. The molecule has 0 spiro atoms. The predicted molar refractivity (Wildman–Crippen MR) is 110 cm³/mol. The van der Waals surface area contributed by atoms with Crippen LogP contribution in [0.3, 0.4) is 0 Å². The smallest absolute Gasteiger partial charge is 0.222 e. The van der Waals surface area contributed by atoms with Crippen LogP contribution in [0.25, 0.3) is 0 Å². The second kappa shape index (κ2) is 11.5. The van der Waals surface area contributed by atoms with E-state index in [0.29, 0.717) is 18.4 Å². The Morgan fingerprint density at radius 1 is 0.963 bits per heavy atom. The second-order valence-electron chi connectivity index (χ2n) is 8.05. The molecule has 3 rings (SSSR count). The number of aryl methyl sites for hydroxylation is 1. The van der Waals surface area contributed by atoms with Crippen LogP contribution in [0.2, 0.25) is 0 Å². The number of rotatable bonds is 8. The fourth-order valence-corrected chi connectivity index (χ4v) is 4.22. The van der Waals surface area contributed by atoms with Crippen molar-refractivity contribution in [2.75, 3.05) is 39.3 Å². The van der Waals surface area contributed by atoms with Gasteiger partial charge >= 0.3 is 0 Å². The third-order valence-corrected chi connectivity index (χ3v) is 5.99. The van der Waals surface area contributed by atoms with Gasteiger partial charge in [-0.15, -0.1) is 0 Å². The van der Waals surface area contributed by atoms with Crippen LogP contribution >= 0.6 is 0 Å². The van der Waals surface area contributed by atoms with Crippen molar-refractivity contribution in [1.29, 1.82) is 0 Å². The molecule has 2 aliphatic rings. The molecule has 1 aliphatic heterocycles. The van der Waals surface area contributed by atoms with Crippen molar-refractivity contribution in [3.8, 4) is 0 Å². The van der Waals surface area contributed by atoms with Gasteiger partial charge in [-0.25, -0.2) is 0 Å². The van der Waals surface area contributed by atoms with Crippen molar-refractivity contribution in [3.63, 3.8) is 0 Å². The minimum absolute atomic E-state index is 0.320. The Morgan fingerprint density at radius 2 is 1.67 bits per heavy atom. The Bertz CT molecular complexity index is 533. The van der Waals surface area contributed by atoms with Gasteiger partial charge < -0.3 is 9.64 Å². The molecule has 1 saturated carbocycles. The third kappa shape index (κ3) is 7.27. The lowest BCUT2D eigenvalue weighted by molar-refractivity contribution is -0.133. The van der Waals surface area contributed by atoms with Crippen LogP contribution in [0.1, 0.15) is 56.9 Å². The summed E-state index contributed by atoms with van der Waals surface area (Å²) in [5.41, 5.74) is 1.32. The minimum Gasteiger partial charge on any atom is -0.377 e. The van der Waals surface area contributed by atoms with Gasteiger partial charge in [0.1, 0.15) is 0 Å². The Labute approximate surface area is 164 Å². The fraction of sp³-hybridized carbons (Fsp3) is 0.696. The summed E-state index contributed by atoms with van der Waals surface area (Å²) in [4.78, 5) is 16.9. The molecule has 2 fully saturated rings. The lowest BCUT2D eigenvalue weighted by Gasteiger charge is -2.35. The van der Waals surface area contributed by atoms with Gasteiger partial charge in [0.15, 0.2) is 0 Å². The lowest BCUT2D eigenvalue weighted by Crippen LogP contribution is -2.49. The number of benzene rings is 1. The van der Waals surface area contributed by atoms with Gasteiger partial charge in [-0.05, 0) is 31.2 Å². The summed E-state index contributed by atoms with van der Waals surface area (Å²) in [7, 11) is 0. The van der Waals surface area contributed by atoms with Crippen molar-refractivity contribution in [2.45, 2.75) is 63.9 Å². The second-order valence-corrected chi connectivity index (χ2v) is 8.05. The van der Waals surface area contributed by atoms with E-state index in [2.05, 4.69) is 29.2 Å². The number of amides is 1. The van der Waals surface area contributed by atoms with Crippen LogP contribution in [-0.4, -0.2) is 61.1 Å². The fourth-order valence-electron chi connectivity index (χ4n) is 4.22. The monoisotopic (exact) mass is 372 g/mol. The van der Waals surface area contributed by atoms with Crippen molar-refractivity contribution < 1.29 is 9.53 Å². The van der Waals surface area contributed by atoms with E-state index in [4.69, 9.17) is 4.74 Å². The average molecular weight is 373 g/mol. The number of nitrogens with zero attached hydrogens (tertiary/aromatic N) is 2. The van der Waals surface area contributed by atoms with E-state index >= 15 is 0 Å². The Balaban J connectivity index is 1.26. The van der Waals surface area contributed by atoms with Gasteiger partial charge in [-0.1, -0.05) is 56.0 Å². The molecule has 1 saturated heterocycles. The van der Waals surface area contributed by atoms with Crippen LogP contribution in [0.15, 0.2) is 30.3 Å². The Morgan fingerprint density at radius 3 is 2.37 bits per heavy atom. The molecule has 1 aromatic rings. The summed E-state index contributed by atoms with van der Waals surface area (Å²) in [6.45, 7) is 5.56. The van der Waals surface area contributed by atoms with Crippen LogP contribution < -0.4 is 0 Å². The molecule has 0 unspecified atom stereocenters. The quantitative estimate of drug-likeness (QED) is 0.649. The number of hydrogen-bond donors (Lipinski definition) is 0. The first-order valence-corrected chi connectivity index (χ1v) is 11.0. The van der Waals surface area contributed by atoms with Crippen LogP contribution in [0.5, 0.6) is 0 Å². The highest BCUT2D eigenvalue weighted by Crippen LogP contribution is 2.19. The van der Waals surface area contributed by atoms with Gasteiger partial charge in [0, 0.05) is 39.1 Å². The maximum absolute atomic E-state index is 12.4. The maximum atomic E-state index is 12.4. The Kier molecular flexibility index (Phi) is 8.63. The molecule has 1 aromatic carbocycles. The van der Waals surface area contributed by atoms with E-state index < -0.39 is 0 Å². The van der Waals surface area contributed by atoms with Crippen molar-refractivity contribution >= 4 is 5.91 Å². The molecule has 0 N–H and O–H groups in total.